The Kier molecular flexibility index (Phi) is 4.21. The van der Waals surface area contributed by atoms with Gasteiger partial charge in [-0.1, -0.05) is 12.1 Å². The third kappa shape index (κ3) is 3.02. The lowest BCUT2D eigenvalue weighted by atomic mass is 10.0. The predicted octanol–water partition coefficient (Wildman–Crippen LogP) is 3.17. The number of aryl methyl sites for hydroxylation is 3. The lowest BCUT2D eigenvalue weighted by Crippen LogP contribution is -2.38. The molecule has 0 spiro atoms. The number of hydrogen-bond donors (Lipinski definition) is 1. The molecule has 1 aliphatic heterocycles. The number of fused-ring (bicyclic) bond motifs is 1. The molecule has 4 nitrogen and oxygen atoms in total. The SMILES string of the molecule is COc1ccc([C@H](C)N[C@@H]2CCc3nc(C)cn3C2)cc1C. The van der Waals surface area contributed by atoms with Crippen LogP contribution in [0.15, 0.2) is 24.4 Å². The summed E-state index contributed by atoms with van der Waals surface area (Å²) < 4.78 is 7.63. The van der Waals surface area contributed by atoms with Gasteiger partial charge in [0.1, 0.15) is 11.6 Å². The van der Waals surface area contributed by atoms with E-state index in [0.29, 0.717) is 12.1 Å². The van der Waals surface area contributed by atoms with E-state index in [1.54, 1.807) is 7.11 Å². The first kappa shape index (κ1) is 15.1. The number of ether oxygens (including phenoxy) is 1. The largest absolute Gasteiger partial charge is 0.496 e. The molecule has 1 aromatic heterocycles. The summed E-state index contributed by atoms with van der Waals surface area (Å²) in [7, 11) is 1.72. The second-order valence-corrected chi connectivity index (χ2v) is 6.30. The van der Waals surface area contributed by atoms with Crippen LogP contribution in [0.2, 0.25) is 0 Å². The maximum atomic E-state index is 5.34. The molecular weight excluding hydrogens is 274 g/mol. The standard InChI is InChI=1S/C18H25N3O/c1-12-9-15(5-7-17(12)22-4)14(3)20-16-6-8-18-19-13(2)10-21(18)11-16/h5,7,9-10,14,16,20H,6,8,11H2,1-4H3/t14-,16+/m0/s1. The van der Waals surface area contributed by atoms with Gasteiger partial charge in [-0.25, -0.2) is 4.98 Å². The molecule has 0 saturated carbocycles. The molecule has 1 aromatic carbocycles. The number of methoxy groups -OCH3 is 1. The summed E-state index contributed by atoms with van der Waals surface area (Å²) in [5.41, 5.74) is 3.62. The highest BCUT2D eigenvalue weighted by molar-refractivity contribution is 5.37. The van der Waals surface area contributed by atoms with E-state index in [4.69, 9.17) is 4.74 Å². The number of nitrogens with zero attached hydrogens (tertiary/aromatic N) is 2. The van der Waals surface area contributed by atoms with Crippen LogP contribution in [0.4, 0.5) is 0 Å². The van der Waals surface area contributed by atoms with Gasteiger partial charge in [-0.2, -0.15) is 0 Å². The molecule has 3 rings (SSSR count). The number of imidazole rings is 1. The van der Waals surface area contributed by atoms with E-state index >= 15 is 0 Å². The van der Waals surface area contributed by atoms with Crippen LogP contribution in [0.3, 0.4) is 0 Å². The summed E-state index contributed by atoms with van der Waals surface area (Å²) in [6, 6.07) is 7.26. The molecule has 2 aromatic rings. The van der Waals surface area contributed by atoms with Gasteiger partial charge < -0.3 is 14.6 Å². The molecule has 0 fully saturated rings. The van der Waals surface area contributed by atoms with Gasteiger partial charge in [0.2, 0.25) is 0 Å². The maximum Gasteiger partial charge on any atom is 0.121 e. The smallest absolute Gasteiger partial charge is 0.121 e. The molecule has 118 valence electrons. The van der Waals surface area contributed by atoms with E-state index in [2.05, 4.69) is 60.0 Å². The van der Waals surface area contributed by atoms with Gasteiger partial charge >= 0.3 is 0 Å². The van der Waals surface area contributed by atoms with Crippen LogP contribution >= 0.6 is 0 Å². The fourth-order valence-corrected chi connectivity index (χ4v) is 3.34. The second kappa shape index (κ2) is 6.13. The summed E-state index contributed by atoms with van der Waals surface area (Å²) in [5, 5.41) is 3.76. The quantitative estimate of drug-likeness (QED) is 0.942. The van der Waals surface area contributed by atoms with Crippen molar-refractivity contribution < 1.29 is 4.74 Å². The summed E-state index contributed by atoms with van der Waals surface area (Å²) in [5.74, 6) is 2.18. The molecule has 1 N–H and O–H groups in total. The molecular formula is C18H25N3O. The zero-order valence-electron chi connectivity index (χ0n) is 13.9. The third-order valence-corrected chi connectivity index (χ3v) is 4.52. The molecule has 2 atom stereocenters. The lowest BCUT2D eigenvalue weighted by molar-refractivity contribution is 0.351. The summed E-state index contributed by atoms with van der Waals surface area (Å²) in [6.45, 7) is 7.40. The van der Waals surface area contributed by atoms with Crippen molar-refractivity contribution in [3.05, 3.63) is 47.0 Å². The van der Waals surface area contributed by atoms with Crippen molar-refractivity contribution in [2.45, 2.75) is 52.2 Å². The van der Waals surface area contributed by atoms with Gasteiger partial charge in [-0.15, -0.1) is 0 Å². The first-order valence-electron chi connectivity index (χ1n) is 8.00. The first-order chi connectivity index (χ1) is 10.6. The number of aromatic nitrogens is 2. The number of nitrogens with one attached hydrogen (secondary N) is 1. The molecule has 0 saturated heterocycles. The minimum atomic E-state index is 0.334. The van der Waals surface area contributed by atoms with E-state index in [1.807, 2.05) is 0 Å². The number of hydrogen-bond acceptors (Lipinski definition) is 3. The molecule has 0 aliphatic carbocycles. The highest BCUT2D eigenvalue weighted by Gasteiger charge is 2.21. The molecule has 22 heavy (non-hydrogen) atoms. The number of rotatable bonds is 4. The summed E-state index contributed by atoms with van der Waals surface area (Å²) in [4.78, 5) is 4.57. The van der Waals surface area contributed by atoms with Crippen molar-refractivity contribution in [1.82, 2.24) is 14.9 Å². The fourth-order valence-electron chi connectivity index (χ4n) is 3.34. The van der Waals surface area contributed by atoms with Crippen molar-refractivity contribution in [2.24, 2.45) is 0 Å². The van der Waals surface area contributed by atoms with Crippen LogP contribution in [0.1, 0.15) is 42.0 Å². The summed E-state index contributed by atoms with van der Waals surface area (Å²) in [6.07, 6.45) is 4.36. The van der Waals surface area contributed by atoms with Gasteiger partial charge in [0.15, 0.2) is 0 Å². The Morgan fingerprint density at radius 2 is 2.18 bits per heavy atom. The number of benzene rings is 1. The Balaban J connectivity index is 1.67. The van der Waals surface area contributed by atoms with Crippen molar-refractivity contribution in [2.75, 3.05) is 7.11 Å². The van der Waals surface area contributed by atoms with E-state index in [9.17, 15) is 0 Å². The van der Waals surface area contributed by atoms with E-state index < -0.39 is 0 Å². The van der Waals surface area contributed by atoms with Crippen LogP contribution in [0.5, 0.6) is 5.75 Å². The Labute approximate surface area is 132 Å². The lowest BCUT2D eigenvalue weighted by Gasteiger charge is -2.28. The van der Waals surface area contributed by atoms with Gasteiger partial charge in [-0.05, 0) is 44.4 Å². The van der Waals surface area contributed by atoms with Gasteiger partial charge in [0, 0.05) is 31.2 Å². The zero-order valence-corrected chi connectivity index (χ0v) is 13.9. The highest BCUT2D eigenvalue weighted by atomic mass is 16.5. The minimum Gasteiger partial charge on any atom is -0.496 e. The van der Waals surface area contributed by atoms with Crippen LogP contribution in [-0.4, -0.2) is 22.7 Å². The predicted molar refractivity (Wildman–Crippen MR) is 88.4 cm³/mol. The van der Waals surface area contributed by atoms with E-state index in [0.717, 1.165) is 30.8 Å². The Hall–Kier alpha value is -1.81. The molecule has 1 aliphatic rings. The third-order valence-electron chi connectivity index (χ3n) is 4.52. The van der Waals surface area contributed by atoms with Crippen LogP contribution in [-0.2, 0) is 13.0 Å². The Bertz CT molecular complexity index is 662. The average Bonchev–Trinajstić information content (AvgIpc) is 2.86. The fraction of sp³-hybridized carbons (Fsp3) is 0.500. The summed E-state index contributed by atoms with van der Waals surface area (Å²) >= 11 is 0. The van der Waals surface area contributed by atoms with E-state index in [1.165, 1.54) is 17.0 Å². The van der Waals surface area contributed by atoms with Crippen LogP contribution < -0.4 is 10.1 Å². The normalized spacial score (nSPS) is 18.8. The van der Waals surface area contributed by atoms with Crippen molar-refractivity contribution in [3.63, 3.8) is 0 Å². The topological polar surface area (TPSA) is 39.1 Å². The van der Waals surface area contributed by atoms with Crippen molar-refractivity contribution >= 4 is 0 Å². The molecule has 2 heterocycles. The molecule has 4 heteroatoms. The Morgan fingerprint density at radius 1 is 1.36 bits per heavy atom. The minimum absolute atomic E-state index is 0.334. The average molecular weight is 299 g/mol. The van der Waals surface area contributed by atoms with E-state index in [-0.39, 0.29) is 0 Å². The van der Waals surface area contributed by atoms with Crippen LogP contribution in [0.25, 0.3) is 0 Å². The second-order valence-electron chi connectivity index (χ2n) is 6.30. The monoisotopic (exact) mass is 299 g/mol. The highest BCUT2D eigenvalue weighted by Crippen LogP contribution is 2.24. The van der Waals surface area contributed by atoms with Crippen molar-refractivity contribution in [1.29, 1.82) is 0 Å². The van der Waals surface area contributed by atoms with Gasteiger partial charge in [0.25, 0.3) is 0 Å². The molecule has 0 unspecified atom stereocenters. The first-order valence-corrected chi connectivity index (χ1v) is 8.00. The molecule has 0 amide bonds. The molecule has 0 bridgehead atoms. The zero-order chi connectivity index (χ0) is 15.7. The van der Waals surface area contributed by atoms with Gasteiger partial charge in [-0.3, -0.25) is 0 Å². The van der Waals surface area contributed by atoms with Gasteiger partial charge in [0.05, 0.1) is 12.8 Å². The molecule has 0 radical (unpaired) electrons. The maximum absolute atomic E-state index is 5.34. The van der Waals surface area contributed by atoms with Crippen molar-refractivity contribution in [3.8, 4) is 5.75 Å². The van der Waals surface area contributed by atoms with Crippen LogP contribution in [0, 0.1) is 13.8 Å². The Morgan fingerprint density at radius 3 is 2.91 bits per heavy atom.